The number of nitriles is 1. The van der Waals surface area contributed by atoms with E-state index >= 15 is 0 Å². The van der Waals surface area contributed by atoms with Crippen molar-refractivity contribution in [1.82, 2.24) is 5.32 Å². The van der Waals surface area contributed by atoms with Gasteiger partial charge in [0.15, 0.2) is 0 Å². The first kappa shape index (κ1) is 14.2. The van der Waals surface area contributed by atoms with Crippen molar-refractivity contribution in [3.05, 3.63) is 58.9 Å². The van der Waals surface area contributed by atoms with E-state index in [9.17, 15) is 4.39 Å². The first-order valence-corrected chi connectivity index (χ1v) is 6.65. The summed E-state index contributed by atoms with van der Waals surface area (Å²) in [5.41, 5.74) is 4.28. The molecule has 0 aromatic heterocycles. The van der Waals surface area contributed by atoms with Crippen molar-refractivity contribution >= 4 is 0 Å². The molecule has 20 heavy (non-hydrogen) atoms. The lowest BCUT2D eigenvalue weighted by atomic mass is 9.96. The monoisotopic (exact) mass is 268 g/mol. The number of aryl methyl sites for hydroxylation is 1. The zero-order chi connectivity index (χ0) is 14.5. The van der Waals surface area contributed by atoms with Gasteiger partial charge in [0.05, 0.1) is 11.6 Å². The molecule has 0 spiro atoms. The Morgan fingerprint density at radius 1 is 1.20 bits per heavy atom. The summed E-state index contributed by atoms with van der Waals surface area (Å²) in [7, 11) is 0. The first-order valence-electron chi connectivity index (χ1n) is 6.65. The van der Waals surface area contributed by atoms with Gasteiger partial charge in [0.25, 0.3) is 0 Å². The van der Waals surface area contributed by atoms with Crippen molar-refractivity contribution in [3.8, 4) is 17.2 Å². The van der Waals surface area contributed by atoms with Gasteiger partial charge >= 0.3 is 0 Å². The van der Waals surface area contributed by atoms with Gasteiger partial charge in [0.1, 0.15) is 5.82 Å². The summed E-state index contributed by atoms with van der Waals surface area (Å²) in [6, 6.07) is 12.6. The van der Waals surface area contributed by atoms with E-state index in [2.05, 4.69) is 18.3 Å². The highest BCUT2D eigenvalue weighted by atomic mass is 19.1. The lowest BCUT2D eigenvalue weighted by Crippen LogP contribution is -2.11. The first-order chi connectivity index (χ1) is 9.63. The van der Waals surface area contributed by atoms with Gasteiger partial charge in [-0.1, -0.05) is 19.1 Å². The maximum absolute atomic E-state index is 13.6. The van der Waals surface area contributed by atoms with E-state index in [0.717, 1.165) is 35.3 Å². The number of nitrogens with zero attached hydrogens (tertiary/aromatic N) is 1. The quantitative estimate of drug-likeness (QED) is 0.916. The fraction of sp³-hybridized carbons (Fsp3) is 0.235. The Balaban J connectivity index is 2.46. The molecule has 0 saturated heterocycles. The van der Waals surface area contributed by atoms with E-state index in [1.807, 2.05) is 25.1 Å². The van der Waals surface area contributed by atoms with Crippen molar-refractivity contribution in [2.45, 2.75) is 20.4 Å². The van der Waals surface area contributed by atoms with Gasteiger partial charge in [-0.3, -0.25) is 0 Å². The van der Waals surface area contributed by atoms with Crippen LogP contribution < -0.4 is 5.32 Å². The molecule has 0 fully saturated rings. The van der Waals surface area contributed by atoms with E-state index in [4.69, 9.17) is 5.26 Å². The smallest absolute Gasteiger partial charge is 0.125 e. The third-order valence-electron chi connectivity index (χ3n) is 3.22. The van der Waals surface area contributed by atoms with Crippen LogP contribution in [0.4, 0.5) is 4.39 Å². The van der Waals surface area contributed by atoms with Crippen LogP contribution in [0.1, 0.15) is 23.6 Å². The molecule has 0 aliphatic carbocycles. The van der Waals surface area contributed by atoms with E-state index in [1.165, 1.54) is 12.1 Å². The van der Waals surface area contributed by atoms with Crippen LogP contribution in [0.15, 0.2) is 36.4 Å². The summed E-state index contributed by atoms with van der Waals surface area (Å²) in [5.74, 6) is -0.379. The molecule has 3 heteroatoms. The molecule has 0 amide bonds. The van der Waals surface area contributed by atoms with Crippen LogP contribution in [0, 0.1) is 24.1 Å². The van der Waals surface area contributed by atoms with Crippen molar-refractivity contribution < 1.29 is 4.39 Å². The molecule has 0 radical (unpaired) electrons. The Morgan fingerprint density at radius 2 is 2.00 bits per heavy atom. The van der Waals surface area contributed by atoms with Crippen molar-refractivity contribution in [3.63, 3.8) is 0 Å². The molecule has 102 valence electrons. The minimum atomic E-state index is -0.379. The van der Waals surface area contributed by atoms with Gasteiger partial charge < -0.3 is 5.32 Å². The van der Waals surface area contributed by atoms with Gasteiger partial charge in [-0.05, 0) is 60.0 Å². The predicted molar refractivity (Wildman–Crippen MR) is 78.7 cm³/mol. The van der Waals surface area contributed by atoms with Gasteiger partial charge in [-0.15, -0.1) is 0 Å². The molecule has 0 heterocycles. The minimum absolute atomic E-state index is 0.344. The third-order valence-corrected chi connectivity index (χ3v) is 3.22. The number of halogens is 1. The third kappa shape index (κ3) is 3.23. The Labute approximate surface area is 118 Å². The maximum Gasteiger partial charge on any atom is 0.125 e. The summed E-state index contributed by atoms with van der Waals surface area (Å²) in [6.07, 6.45) is 0. The molecule has 2 rings (SSSR count). The Bertz CT molecular complexity index is 657. The van der Waals surface area contributed by atoms with E-state index in [-0.39, 0.29) is 5.82 Å². The Hall–Kier alpha value is -2.18. The van der Waals surface area contributed by atoms with E-state index < -0.39 is 0 Å². The van der Waals surface area contributed by atoms with Gasteiger partial charge in [0, 0.05) is 6.54 Å². The van der Waals surface area contributed by atoms with Crippen LogP contribution in [0.5, 0.6) is 0 Å². The van der Waals surface area contributed by atoms with Crippen molar-refractivity contribution in [1.29, 1.82) is 5.26 Å². The number of rotatable bonds is 4. The van der Waals surface area contributed by atoms with Gasteiger partial charge in [0.2, 0.25) is 0 Å². The van der Waals surface area contributed by atoms with Crippen LogP contribution >= 0.6 is 0 Å². The normalized spacial score (nSPS) is 10.3. The Kier molecular flexibility index (Phi) is 4.49. The molecule has 0 atom stereocenters. The van der Waals surface area contributed by atoms with Gasteiger partial charge in [-0.2, -0.15) is 5.26 Å². The second-order valence-electron chi connectivity index (χ2n) is 4.77. The molecule has 1 N–H and O–H groups in total. The summed E-state index contributed by atoms with van der Waals surface area (Å²) >= 11 is 0. The van der Waals surface area contributed by atoms with Crippen LogP contribution in [0.25, 0.3) is 11.1 Å². The average Bonchev–Trinajstić information content (AvgIpc) is 2.45. The fourth-order valence-corrected chi connectivity index (χ4v) is 2.17. The highest BCUT2D eigenvalue weighted by Crippen LogP contribution is 2.26. The van der Waals surface area contributed by atoms with Crippen LogP contribution in [-0.4, -0.2) is 6.54 Å². The Morgan fingerprint density at radius 3 is 2.70 bits per heavy atom. The molecule has 2 nitrogen and oxygen atoms in total. The zero-order valence-electron chi connectivity index (χ0n) is 11.7. The number of benzene rings is 2. The second kappa shape index (κ2) is 6.31. The molecule has 0 aliphatic heterocycles. The van der Waals surface area contributed by atoms with Crippen LogP contribution in [-0.2, 0) is 6.54 Å². The molecule has 0 saturated carbocycles. The zero-order valence-corrected chi connectivity index (χ0v) is 11.7. The molecule has 2 aromatic rings. The molecule has 0 aliphatic rings. The molecule has 0 bridgehead atoms. The summed E-state index contributed by atoms with van der Waals surface area (Å²) in [5, 5.41) is 12.2. The average molecular weight is 268 g/mol. The van der Waals surface area contributed by atoms with Crippen molar-refractivity contribution in [2.75, 3.05) is 6.54 Å². The molecule has 0 unspecified atom stereocenters. The SMILES string of the molecule is CCNCc1ccc(C)c(-c2cc(F)cc(C#N)c2)c1. The number of nitrogens with one attached hydrogen (secondary N) is 1. The molecule has 2 aromatic carbocycles. The topological polar surface area (TPSA) is 35.8 Å². The van der Waals surface area contributed by atoms with E-state index in [1.54, 1.807) is 6.07 Å². The summed E-state index contributed by atoms with van der Waals surface area (Å²) < 4.78 is 13.6. The highest BCUT2D eigenvalue weighted by Gasteiger charge is 2.07. The number of hydrogen-bond donors (Lipinski definition) is 1. The summed E-state index contributed by atoms with van der Waals surface area (Å²) in [4.78, 5) is 0. The van der Waals surface area contributed by atoms with Crippen LogP contribution in [0.3, 0.4) is 0 Å². The van der Waals surface area contributed by atoms with Gasteiger partial charge in [-0.25, -0.2) is 4.39 Å². The maximum atomic E-state index is 13.6. The molecular formula is C17H17FN2. The lowest BCUT2D eigenvalue weighted by Gasteiger charge is -2.10. The highest BCUT2D eigenvalue weighted by molar-refractivity contribution is 5.69. The predicted octanol–water partition coefficient (Wildman–Crippen LogP) is 3.78. The minimum Gasteiger partial charge on any atom is -0.313 e. The van der Waals surface area contributed by atoms with E-state index in [0.29, 0.717) is 5.56 Å². The second-order valence-corrected chi connectivity index (χ2v) is 4.77. The largest absolute Gasteiger partial charge is 0.313 e. The lowest BCUT2D eigenvalue weighted by molar-refractivity contribution is 0.628. The van der Waals surface area contributed by atoms with Crippen molar-refractivity contribution in [2.24, 2.45) is 0 Å². The summed E-state index contributed by atoms with van der Waals surface area (Å²) in [6.45, 7) is 5.73. The standard InChI is InChI=1S/C17H17FN2/c1-3-20-11-13-5-4-12(2)17(8-13)15-6-14(10-19)7-16(18)9-15/h4-9,20H,3,11H2,1-2H3. The molecular weight excluding hydrogens is 251 g/mol. The number of hydrogen-bond acceptors (Lipinski definition) is 2. The fourth-order valence-electron chi connectivity index (χ4n) is 2.17. The van der Waals surface area contributed by atoms with Crippen LogP contribution in [0.2, 0.25) is 0 Å².